The molecule has 0 aromatic heterocycles. The summed E-state index contributed by atoms with van der Waals surface area (Å²) in [4.78, 5) is 12.1. The van der Waals surface area contributed by atoms with Crippen LogP contribution in [0.4, 0.5) is 0 Å². The van der Waals surface area contributed by atoms with Crippen LogP contribution in [0.1, 0.15) is 44.2 Å². The highest BCUT2D eigenvalue weighted by Gasteiger charge is 2.18. The highest BCUT2D eigenvalue weighted by Crippen LogP contribution is 2.22. The summed E-state index contributed by atoms with van der Waals surface area (Å²) in [5.74, 6) is 1.09. The van der Waals surface area contributed by atoms with Crippen molar-refractivity contribution in [2.45, 2.75) is 58.7 Å². The molecule has 1 amide bonds. The molecule has 1 unspecified atom stereocenters. The Kier molecular flexibility index (Phi) is 7.06. The maximum atomic E-state index is 12.1. The van der Waals surface area contributed by atoms with E-state index in [9.17, 15) is 4.79 Å². The lowest BCUT2D eigenvalue weighted by molar-refractivity contribution is -0.122. The third-order valence-corrected chi connectivity index (χ3v) is 4.19. The van der Waals surface area contributed by atoms with Crippen LogP contribution in [-0.4, -0.2) is 31.3 Å². The second-order valence-electron chi connectivity index (χ2n) is 7.01. The van der Waals surface area contributed by atoms with E-state index >= 15 is 0 Å². The molecule has 1 heterocycles. The van der Waals surface area contributed by atoms with Crippen molar-refractivity contribution < 1.29 is 14.3 Å². The van der Waals surface area contributed by atoms with Crippen LogP contribution in [0.25, 0.3) is 0 Å². The molecule has 134 valence electrons. The van der Waals surface area contributed by atoms with Crippen LogP contribution in [0.15, 0.2) is 18.2 Å². The van der Waals surface area contributed by atoms with Crippen LogP contribution in [0.5, 0.6) is 5.75 Å². The second kappa shape index (κ2) is 9.04. The number of carbonyl (C=O) groups is 1. The molecule has 2 rings (SSSR count). The molecule has 0 spiro atoms. The minimum atomic E-state index is -0.466. The van der Waals surface area contributed by atoms with E-state index in [0.29, 0.717) is 25.5 Å². The van der Waals surface area contributed by atoms with E-state index in [1.54, 1.807) is 0 Å². The first-order chi connectivity index (χ1) is 11.5. The molecule has 0 bridgehead atoms. The third-order valence-electron chi connectivity index (χ3n) is 4.19. The molecule has 1 saturated heterocycles. The highest BCUT2D eigenvalue weighted by molar-refractivity contribution is 5.81. The van der Waals surface area contributed by atoms with Gasteiger partial charge in [-0.05, 0) is 43.7 Å². The van der Waals surface area contributed by atoms with Gasteiger partial charge in [0, 0.05) is 18.7 Å². The molecule has 1 aromatic rings. The zero-order valence-electron chi connectivity index (χ0n) is 15.0. The van der Waals surface area contributed by atoms with Gasteiger partial charge in [-0.1, -0.05) is 26.0 Å². The molecule has 24 heavy (non-hydrogen) atoms. The van der Waals surface area contributed by atoms with E-state index in [4.69, 9.17) is 15.2 Å². The van der Waals surface area contributed by atoms with E-state index in [0.717, 1.165) is 36.3 Å². The van der Waals surface area contributed by atoms with Gasteiger partial charge >= 0.3 is 0 Å². The van der Waals surface area contributed by atoms with Crippen LogP contribution in [0.3, 0.4) is 0 Å². The fraction of sp³-hybridized carbons (Fsp3) is 0.632. The molecule has 3 N–H and O–H groups in total. The Morgan fingerprint density at radius 1 is 1.46 bits per heavy atom. The van der Waals surface area contributed by atoms with E-state index in [1.165, 1.54) is 0 Å². The lowest BCUT2D eigenvalue weighted by Gasteiger charge is -2.17. The Bertz CT molecular complexity index is 539. The molecule has 1 fully saturated rings. The van der Waals surface area contributed by atoms with Crippen LogP contribution >= 0.6 is 0 Å². The minimum absolute atomic E-state index is 0.116. The van der Waals surface area contributed by atoms with Crippen molar-refractivity contribution in [3.63, 3.8) is 0 Å². The first-order valence-electron chi connectivity index (χ1n) is 8.83. The Morgan fingerprint density at radius 2 is 2.25 bits per heavy atom. The molecule has 1 aliphatic heterocycles. The highest BCUT2D eigenvalue weighted by atomic mass is 16.5. The summed E-state index contributed by atoms with van der Waals surface area (Å²) in [7, 11) is 0. The molecule has 5 nitrogen and oxygen atoms in total. The van der Waals surface area contributed by atoms with Crippen molar-refractivity contribution in [2.24, 2.45) is 11.7 Å². The summed E-state index contributed by atoms with van der Waals surface area (Å²) < 4.78 is 11.6. The first-order valence-corrected chi connectivity index (χ1v) is 8.83. The number of amides is 1. The monoisotopic (exact) mass is 334 g/mol. The number of benzene rings is 1. The van der Waals surface area contributed by atoms with E-state index in [-0.39, 0.29) is 12.0 Å². The number of hydrogen-bond donors (Lipinski definition) is 2. The number of hydrogen-bond acceptors (Lipinski definition) is 4. The Balaban J connectivity index is 1.92. The molecule has 2 atom stereocenters. The van der Waals surface area contributed by atoms with Crippen molar-refractivity contribution in [1.82, 2.24) is 5.32 Å². The molecule has 1 aromatic carbocycles. The Hall–Kier alpha value is -1.59. The molecule has 0 saturated carbocycles. The van der Waals surface area contributed by atoms with E-state index in [1.807, 2.05) is 25.1 Å². The average Bonchev–Trinajstić information content (AvgIpc) is 3.04. The van der Waals surface area contributed by atoms with Crippen LogP contribution in [0, 0.1) is 12.8 Å². The number of aryl methyl sites for hydroxylation is 1. The number of nitrogens with one attached hydrogen (secondary N) is 1. The van der Waals surface area contributed by atoms with Gasteiger partial charge in [-0.2, -0.15) is 0 Å². The number of nitrogens with two attached hydrogens (primary N) is 1. The van der Waals surface area contributed by atoms with Crippen LogP contribution < -0.4 is 15.8 Å². The van der Waals surface area contributed by atoms with Gasteiger partial charge in [0.2, 0.25) is 5.91 Å². The second-order valence-corrected chi connectivity index (χ2v) is 7.01. The smallest absolute Gasteiger partial charge is 0.237 e. The first kappa shape index (κ1) is 18.7. The topological polar surface area (TPSA) is 73.6 Å². The van der Waals surface area contributed by atoms with Crippen LogP contribution in [0.2, 0.25) is 0 Å². The molecule has 0 aliphatic carbocycles. The van der Waals surface area contributed by atoms with Crippen LogP contribution in [-0.2, 0) is 16.1 Å². The summed E-state index contributed by atoms with van der Waals surface area (Å²) in [6.45, 7) is 7.94. The Labute approximate surface area is 144 Å². The summed E-state index contributed by atoms with van der Waals surface area (Å²) in [6.07, 6.45) is 3.00. The van der Waals surface area contributed by atoms with Crippen molar-refractivity contribution in [3.05, 3.63) is 29.3 Å². The summed E-state index contributed by atoms with van der Waals surface area (Å²) in [5.41, 5.74) is 8.02. The van der Waals surface area contributed by atoms with E-state index in [2.05, 4.69) is 19.2 Å². The summed E-state index contributed by atoms with van der Waals surface area (Å²) in [6, 6.07) is 5.56. The van der Waals surface area contributed by atoms with Gasteiger partial charge in [-0.15, -0.1) is 0 Å². The van der Waals surface area contributed by atoms with Crippen molar-refractivity contribution in [2.75, 3.05) is 13.2 Å². The summed E-state index contributed by atoms with van der Waals surface area (Å²) >= 11 is 0. The largest absolute Gasteiger partial charge is 0.491 e. The molecular formula is C19H30N2O3. The summed E-state index contributed by atoms with van der Waals surface area (Å²) in [5, 5.41) is 2.92. The van der Waals surface area contributed by atoms with Crippen molar-refractivity contribution in [3.8, 4) is 5.75 Å². The lowest BCUT2D eigenvalue weighted by atomic mass is 10.0. The molecule has 1 aliphatic rings. The van der Waals surface area contributed by atoms with Gasteiger partial charge in [-0.25, -0.2) is 0 Å². The zero-order chi connectivity index (χ0) is 17.5. The number of carbonyl (C=O) groups excluding carboxylic acids is 1. The van der Waals surface area contributed by atoms with Gasteiger partial charge in [0.25, 0.3) is 0 Å². The minimum Gasteiger partial charge on any atom is -0.491 e. The number of ether oxygens (including phenoxy) is 2. The van der Waals surface area contributed by atoms with Gasteiger partial charge < -0.3 is 20.5 Å². The SMILES string of the molecule is Cc1ccc(CNC(=O)[C@@H](N)CC(C)C)c(OCC2CCCO2)c1. The fourth-order valence-electron chi connectivity index (χ4n) is 2.83. The molecule has 0 radical (unpaired) electrons. The normalized spacial score (nSPS) is 18.6. The standard InChI is InChI=1S/C19H30N2O3/c1-13(2)9-17(20)19(22)21-11-15-7-6-14(3)10-18(15)24-12-16-5-4-8-23-16/h6-7,10,13,16-17H,4-5,8-9,11-12,20H2,1-3H3,(H,21,22)/t16?,17-/m0/s1. The zero-order valence-corrected chi connectivity index (χ0v) is 15.0. The van der Waals surface area contributed by atoms with Gasteiger partial charge in [-0.3, -0.25) is 4.79 Å². The quantitative estimate of drug-likeness (QED) is 0.766. The maximum Gasteiger partial charge on any atom is 0.237 e. The molecular weight excluding hydrogens is 304 g/mol. The van der Waals surface area contributed by atoms with Gasteiger partial charge in [0.1, 0.15) is 12.4 Å². The van der Waals surface area contributed by atoms with Gasteiger partial charge in [0.05, 0.1) is 12.1 Å². The van der Waals surface area contributed by atoms with Crippen molar-refractivity contribution in [1.29, 1.82) is 0 Å². The predicted molar refractivity (Wildman–Crippen MR) is 94.9 cm³/mol. The molecule has 5 heteroatoms. The van der Waals surface area contributed by atoms with Gasteiger partial charge in [0.15, 0.2) is 0 Å². The predicted octanol–water partition coefficient (Wildman–Crippen LogP) is 2.54. The fourth-order valence-corrected chi connectivity index (χ4v) is 2.83. The van der Waals surface area contributed by atoms with Crippen molar-refractivity contribution >= 4 is 5.91 Å². The lowest BCUT2D eigenvalue weighted by Crippen LogP contribution is -2.41. The maximum absolute atomic E-state index is 12.1. The Morgan fingerprint density at radius 3 is 2.92 bits per heavy atom. The number of rotatable bonds is 8. The third kappa shape index (κ3) is 5.80. The van der Waals surface area contributed by atoms with E-state index < -0.39 is 6.04 Å². The average molecular weight is 334 g/mol.